The van der Waals surface area contributed by atoms with Gasteiger partial charge >= 0.3 is 0 Å². The Balaban J connectivity index is 2.40. The molecule has 0 amide bonds. The third-order valence-corrected chi connectivity index (χ3v) is 5.97. The molecular formula is C18H16Cl2N2O3S. The lowest BCUT2D eigenvalue weighted by molar-refractivity contribution is 0.104. The van der Waals surface area contributed by atoms with Crippen LogP contribution in [-0.4, -0.2) is 31.9 Å². The van der Waals surface area contributed by atoms with Crippen molar-refractivity contribution in [1.82, 2.24) is 4.41 Å². The number of carbonyl (C=O) groups excluding carboxylic acids is 1. The number of aryl methyl sites for hydroxylation is 1. The highest BCUT2D eigenvalue weighted by Gasteiger charge is 2.25. The zero-order valence-corrected chi connectivity index (χ0v) is 16.4. The molecule has 8 heteroatoms. The Morgan fingerprint density at radius 2 is 1.85 bits per heavy atom. The molecule has 136 valence electrons. The van der Waals surface area contributed by atoms with Crippen molar-refractivity contribution in [2.24, 2.45) is 5.10 Å². The molecule has 0 saturated carbocycles. The van der Waals surface area contributed by atoms with Crippen LogP contribution in [0.1, 0.15) is 21.5 Å². The molecule has 0 atom stereocenters. The highest BCUT2D eigenvalue weighted by atomic mass is 35.5. The molecule has 0 aromatic heterocycles. The summed E-state index contributed by atoms with van der Waals surface area (Å²) < 4.78 is 26.4. The number of hydrogen-bond donors (Lipinski definition) is 0. The molecule has 0 saturated heterocycles. The zero-order valence-electron chi connectivity index (χ0n) is 14.1. The van der Waals surface area contributed by atoms with Crippen LogP contribution >= 0.6 is 23.2 Å². The number of hydrogen-bond acceptors (Lipinski definition) is 4. The van der Waals surface area contributed by atoms with Crippen molar-refractivity contribution in [3.63, 3.8) is 0 Å². The maximum Gasteiger partial charge on any atom is 0.279 e. The monoisotopic (exact) mass is 410 g/mol. The molecule has 0 fully saturated rings. The van der Waals surface area contributed by atoms with Gasteiger partial charge in [-0.3, -0.25) is 4.79 Å². The molecule has 0 aliphatic carbocycles. The van der Waals surface area contributed by atoms with Gasteiger partial charge in [0.1, 0.15) is 4.90 Å². The molecule has 2 aromatic rings. The number of benzene rings is 2. The number of halogens is 2. The third-order valence-electron chi connectivity index (χ3n) is 3.52. The Morgan fingerprint density at radius 1 is 1.15 bits per heavy atom. The Bertz CT molecular complexity index is 1000. The van der Waals surface area contributed by atoms with E-state index in [-0.39, 0.29) is 10.5 Å². The van der Waals surface area contributed by atoms with Gasteiger partial charge in [0, 0.05) is 12.6 Å². The molecule has 26 heavy (non-hydrogen) atoms. The van der Waals surface area contributed by atoms with E-state index >= 15 is 0 Å². The number of rotatable bonds is 6. The van der Waals surface area contributed by atoms with E-state index in [1.54, 1.807) is 31.2 Å². The quantitative estimate of drug-likeness (QED) is 0.308. The second-order valence-corrected chi connectivity index (χ2v) is 8.16. The van der Waals surface area contributed by atoms with Crippen molar-refractivity contribution in [2.75, 3.05) is 7.05 Å². The van der Waals surface area contributed by atoms with Gasteiger partial charge in [-0.1, -0.05) is 47.5 Å². The van der Waals surface area contributed by atoms with Gasteiger partial charge in [0.25, 0.3) is 10.0 Å². The van der Waals surface area contributed by atoms with Gasteiger partial charge in [-0.25, -0.2) is 0 Å². The second-order valence-electron chi connectivity index (χ2n) is 5.43. The molecule has 2 aromatic carbocycles. The van der Waals surface area contributed by atoms with E-state index in [0.717, 1.165) is 16.1 Å². The number of ketones is 1. The van der Waals surface area contributed by atoms with Gasteiger partial charge in [-0.05, 0) is 42.8 Å². The first kappa shape index (κ1) is 20.2. The Hall–Kier alpha value is -2.15. The summed E-state index contributed by atoms with van der Waals surface area (Å²) in [5.41, 5.74) is 1.39. The first-order valence-corrected chi connectivity index (χ1v) is 9.62. The van der Waals surface area contributed by atoms with Crippen molar-refractivity contribution < 1.29 is 13.2 Å². The first-order valence-electron chi connectivity index (χ1n) is 7.42. The number of nitrogens with zero attached hydrogens (tertiary/aromatic N) is 2. The summed E-state index contributed by atoms with van der Waals surface area (Å²) in [6.07, 6.45) is 2.41. The van der Waals surface area contributed by atoms with Crippen LogP contribution < -0.4 is 0 Å². The number of sulfonamides is 1. The largest absolute Gasteiger partial charge is 0.289 e. The first-order chi connectivity index (χ1) is 12.2. The summed E-state index contributed by atoms with van der Waals surface area (Å²) in [6.45, 7) is 5.18. The molecule has 0 spiro atoms. The maximum atomic E-state index is 12.8. The van der Waals surface area contributed by atoms with Crippen LogP contribution in [0.15, 0.2) is 59.1 Å². The van der Waals surface area contributed by atoms with Gasteiger partial charge in [0.05, 0.1) is 16.3 Å². The lowest BCUT2D eigenvalue weighted by atomic mass is 10.1. The fraction of sp³-hybridized carbons (Fsp3) is 0.111. The van der Waals surface area contributed by atoms with E-state index in [4.69, 9.17) is 23.2 Å². The summed E-state index contributed by atoms with van der Waals surface area (Å²) in [6, 6.07) is 9.30. The van der Waals surface area contributed by atoms with Crippen LogP contribution in [0.25, 0.3) is 0 Å². The zero-order chi connectivity index (χ0) is 19.5. The minimum atomic E-state index is -4.02. The average molecular weight is 411 g/mol. The van der Waals surface area contributed by atoms with E-state index in [2.05, 4.69) is 11.7 Å². The fourth-order valence-corrected chi connectivity index (χ4v) is 3.56. The van der Waals surface area contributed by atoms with Crippen LogP contribution in [0, 0.1) is 6.92 Å². The summed E-state index contributed by atoms with van der Waals surface area (Å²) in [5.74, 6) is -0.478. The number of hydrazone groups is 1. The molecule has 0 aliphatic rings. The molecule has 0 bridgehead atoms. The number of carbonyl (C=O) groups is 1. The van der Waals surface area contributed by atoms with Crippen molar-refractivity contribution in [1.29, 1.82) is 0 Å². The Morgan fingerprint density at radius 3 is 2.46 bits per heavy atom. The van der Waals surface area contributed by atoms with Gasteiger partial charge in [-0.2, -0.15) is 17.9 Å². The molecular weight excluding hydrogens is 395 g/mol. The summed E-state index contributed by atoms with van der Waals surface area (Å²) in [5, 5.41) is 4.66. The fourth-order valence-electron chi connectivity index (χ4n) is 2.12. The van der Waals surface area contributed by atoms with E-state index in [1.165, 1.54) is 25.4 Å². The third kappa shape index (κ3) is 4.33. The van der Waals surface area contributed by atoms with Crippen LogP contribution in [-0.2, 0) is 10.0 Å². The molecule has 0 N–H and O–H groups in total. The van der Waals surface area contributed by atoms with Gasteiger partial charge in [0.15, 0.2) is 5.78 Å². The second kappa shape index (κ2) is 8.03. The smallest absolute Gasteiger partial charge is 0.279 e. The predicted octanol–water partition coefficient (Wildman–Crippen LogP) is 4.33. The van der Waals surface area contributed by atoms with Crippen molar-refractivity contribution in [2.45, 2.75) is 11.8 Å². The standard InChI is InChI=1S/C18H16Cl2N2O3S/c1-4-17(23)14-9-12(2)5-8-18(14)26(24,25)22(3)21-11-13-6-7-15(19)16(20)10-13/h4-11H,1H2,2-3H3/b21-11+. The summed E-state index contributed by atoms with van der Waals surface area (Å²) in [4.78, 5) is 11.9. The molecule has 0 unspecified atom stereocenters. The van der Waals surface area contributed by atoms with Crippen LogP contribution in [0.5, 0.6) is 0 Å². The molecule has 5 nitrogen and oxygen atoms in total. The van der Waals surface area contributed by atoms with Gasteiger partial charge < -0.3 is 0 Å². The van der Waals surface area contributed by atoms with Gasteiger partial charge in [0.2, 0.25) is 0 Å². The lowest BCUT2D eigenvalue weighted by Gasteiger charge is -2.16. The molecule has 0 aliphatic heterocycles. The van der Waals surface area contributed by atoms with Crippen LogP contribution in [0.4, 0.5) is 0 Å². The van der Waals surface area contributed by atoms with E-state index in [9.17, 15) is 13.2 Å². The van der Waals surface area contributed by atoms with Crippen molar-refractivity contribution in [3.05, 3.63) is 75.8 Å². The Labute approximate surface area is 162 Å². The molecule has 0 heterocycles. The SMILES string of the molecule is C=CC(=O)c1cc(C)ccc1S(=O)(=O)N(C)/N=C/c1ccc(Cl)c(Cl)c1. The summed E-state index contributed by atoms with van der Waals surface area (Å²) >= 11 is 11.8. The Kier molecular flexibility index (Phi) is 6.23. The van der Waals surface area contributed by atoms with E-state index < -0.39 is 15.8 Å². The van der Waals surface area contributed by atoms with E-state index in [1.807, 2.05) is 0 Å². The topological polar surface area (TPSA) is 66.8 Å². The van der Waals surface area contributed by atoms with Crippen molar-refractivity contribution >= 4 is 45.2 Å². The highest BCUT2D eigenvalue weighted by molar-refractivity contribution is 7.89. The average Bonchev–Trinajstić information content (AvgIpc) is 2.61. The summed E-state index contributed by atoms with van der Waals surface area (Å²) in [7, 11) is -2.74. The minimum absolute atomic E-state index is 0.0524. The predicted molar refractivity (Wildman–Crippen MR) is 105 cm³/mol. The van der Waals surface area contributed by atoms with Gasteiger partial charge in [-0.15, -0.1) is 0 Å². The highest BCUT2D eigenvalue weighted by Crippen LogP contribution is 2.23. The molecule has 0 radical (unpaired) electrons. The van der Waals surface area contributed by atoms with Crippen LogP contribution in [0.2, 0.25) is 10.0 Å². The van der Waals surface area contributed by atoms with Crippen LogP contribution in [0.3, 0.4) is 0 Å². The maximum absolute atomic E-state index is 12.8. The van der Waals surface area contributed by atoms with Crippen molar-refractivity contribution in [3.8, 4) is 0 Å². The number of allylic oxidation sites excluding steroid dienone is 1. The minimum Gasteiger partial charge on any atom is -0.289 e. The molecule has 2 rings (SSSR count). The van der Waals surface area contributed by atoms with E-state index in [0.29, 0.717) is 15.6 Å². The lowest BCUT2D eigenvalue weighted by Crippen LogP contribution is -2.24. The normalized spacial score (nSPS) is 11.5.